The molecule has 1 aromatic rings. The summed E-state index contributed by atoms with van der Waals surface area (Å²) >= 11 is 0. The lowest BCUT2D eigenvalue weighted by Crippen LogP contribution is -1.80. The van der Waals surface area contributed by atoms with Gasteiger partial charge in [-0.3, -0.25) is 0 Å². The maximum atomic E-state index is 3.83. The minimum atomic E-state index is 0.775. The maximum absolute atomic E-state index is 3.83. The average Bonchev–Trinajstić information content (AvgIpc) is 1.94. The van der Waals surface area contributed by atoms with Crippen molar-refractivity contribution in [3.63, 3.8) is 0 Å². The first-order chi connectivity index (χ1) is 4.84. The summed E-state index contributed by atoms with van der Waals surface area (Å²) in [6.45, 7) is 1.92. The Labute approximate surface area is 59.0 Å². The van der Waals surface area contributed by atoms with Gasteiger partial charge >= 0.3 is 0 Å². The fourth-order valence-electron chi connectivity index (χ4n) is 0.588. The molecule has 0 amide bonds. The van der Waals surface area contributed by atoms with Crippen LogP contribution in [0.5, 0.6) is 0 Å². The molecule has 0 atom stereocenters. The summed E-state index contributed by atoms with van der Waals surface area (Å²) in [5.74, 6) is 0. The normalized spacial score (nSPS) is 10.6. The summed E-state index contributed by atoms with van der Waals surface area (Å²) in [5.41, 5.74) is 1.76. The van der Waals surface area contributed by atoms with E-state index in [1.54, 1.807) is 19.4 Å². The lowest BCUT2D eigenvalue weighted by Gasteiger charge is -1.92. The fraction of sp³-hybridized carbons (Fsp3) is 0.333. The Morgan fingerprint density at radius 3 is 2.60 bits per heavy atom. The van der Waals surface area contributed by atoms with E-state index in [4.69, 9.17) is 0 Å². The van der Waals surface area contributed by atoms with Crippen LogP contribution in [-0.2, 0) is 0 Å². The highest BCUT2D eigenvalue weighted by molar-refractivity contribution is 5.39. The first-order valence-corrected chi connectivity index (χ1v) is 2.91. The zero-order valence-electron chi connectivity index (χ0n) is 5.94. The molecule has 0 spiro atoms. The number of hydrogen-bond acceptors (Lipinski definition) is 4. The lowest BCUT2D eigenvalue weighted by atomic mass is 10.3. The summed E-state index contributed by atoms with van der Waals surface area (Å²) in [7, 11) is 1.62. The third-order valence-electron chi connectivity index (χ3n) is 1.11. The van der Waals surface area contributed by atoms with Gasteiger partial charge in [-0.1, -0.05) is 0 Å². The van der Waals surface area contributed by atoms with Crippen LogP contribution in [0.3, 0.4) is 0 Å². The predicted octanol–water partition coefficient (Wildman–Crippen LogP) is 1.50. The Morgan fingerprint density at radius 2 is 2.00 bits per heavy atom. The van der Waals surface area contributed by atoms with Crippen molar-refractivity contribution in [3.8, 4) is 0 Å². The molecule has 0 aliphatic carbocycles. The van der Waals surface area contributed by atoms with E-state index in [0.29, 0.717) is 0 Å². The lowest BCUT2D eigenvalue weighted by molar-refractivity contribution is 0.998. The first-order valence-electron chi connectivity index (χ1n) is 2.91. The van der Waals surface area contributed by atoms with Crippen molar-refractivity contribution >= 4 is 5.69 Å². The van der Waals surface area contributed by atoms with Crippen molar-refractivity contribution in [2.24, 2.45) is 10.2 Å². The molecule has 52 valence electrons. The molecule has 0 aliphatic heterocycles. The summed E-state index contributed by atoms with van der Waals surface area (Å²) in [4.78, 5) is 0. The minimum absolute atomic E-state index is 0.775. The predicted molar refractivity (Wildman–Crippen MR) is 37.2 cm³/mol. The molecule has 0 fully saturated rings. The van der Waals surface area contributed by atoms with Gasteiger partial charge in [0.2, 0.25) is 0 Å². The molecule has 0 bridgehead atoms. The van der Waals surface area contributed by atoms with Crippen LogP contribution in [0.4, 0.5) is 5.69 Å². The molecule has 0 aromatic carbocycles. The molecule has 0 saturated heterocycles. The minimum Gasteiger partial charge on any atom is -0.192 e. The van der Waals surface area contributed by atoms with Crippen molar-refractivity contribution in [2.45, 2.75) is 6.92 Å². The van der Waals surface area contributed by atoms with E-state index < -0.39 is 0 Å². The van der Waals surface area contributed by atoms with Crippen molar-refractivity contribution in [2.75, 3.05) is 7.05 Å². The van der Waals surface area contributed by atoms with Crippen molar-refractivity contribution < 1.29 is 0 Å². The first kappa shape index (κ1) is 6.80. The maximum Gasteiger partial charge on any atom is 0.110 e. The second kappa shape index (κ2) is 3.00. The summed E-state index contributed by atoms with van der Waals surface area (Å²) in [5, 5.41) is 14.8. The molecule has 1 heterocycles. The van der Waals surface area contributed by atoms with E-state index in [2.05, 4.69) is 20.4 Å². The number of azo groups is 1. The Bertz CT molecular complexity index is 243. The van der Waals surface area contributed by atoms with Crippen LogP contribution in [0.1, 0.15) is 5.56 Å². The van der Waals surface area contributed by atoms with Crippen LogP contribution in [0, 0.1) is 6.92 Å². The van der Waals surface area contributed by atoms with Crippen LogP contribution in [0.2, 0.25) is 0 Å². The summed E-state index contributed by atoms with van der Waals surface area (Å²) in [6, 6.07) is 0. The van der Waals surface area contributed by atoms with Gasteiger partial charge in [0.25, 0.3) is 0 Å². The Kier molecular flexibility index (Phi) is 2.04. The van der Waals surface area contributed by atoms with Crippen molar-refractivity contribution in [1.82, 2.24) is 10.2 Å². The highest BCUT2D eigenvalue weighted by atomic mass is 15.1. The monoisotopic (exact) mass is 136 g/mol. The van der Waals surface area contributed by atoms with Gasteiger partial charge in [-0.2, -0.15) is 20.4 Å². The van der Waals surface area contributed by atoms with Gasteiger partial charge < -0.3 is 0 Å². The average molecular weight is 136 g/mol. The molecule has 0 radical (unpaired) electrons. The summed E-state index contributed by atoms with van der Waals surface area (Å²) < 4.78 is 0. The van der Waals surface area contributed by atoms with Gasteiger partial charge in [0.15, 0.2) is 0 Å². The van der Waals surface area contributed by atoms with E-state index in [1.165, 1.54) is 0 Å². The van der Waals surface area contributed by atoms with E-state index in [-0.39, 0.29) is 0 Å². The van der Waals surface area contributed by atoms with Crippen LogP contribution in [0.25, 0.3) is 0 Å². The van der Waals surface area contributed by atoms with Crippen molar-refractivity contribution in [3.05, 3.63) is 18.0 Å². The Hall–Kier alpha value is -1.32. The largest absolute Gasteiger partial charge is 0.192 e. The third-order valence-corrected chi connectivity index (χ3v) is 1.11. The molecule has 1 aromatic heterocycles. The molecule has 0 aliphatic rings. The SMILES string of the molecule is CN=Nc1cnncc1C. The molecule has 4 nitrogen and oxygen atoms in total. The van der Waals surface area contributed by atoms with Crippen LogP contribution in [-0.4, -0.2) is 17.2 Å². The topological polar surface area (TPSA) is 50.5 Å². The van der Waals surface area contributed by atoms with Crippen molar-refractivity contribution in [1.29, 1.82) is 0 Å². The highest BCUT2D eigenvalue weighted by Gasteiger charge is 1.92. The number of aromatic nitrogens is 2. The van der Waals surface area contributed by atoms with Crippen LogP contribution in [0.15, 0.2) is 22.6 Å². The Morgan fingerprint density at radius 1 is 1.30 bits per heavy atom. The molecule has 0 saturated carbocycles. The zero-order valence-corrected chi connectivity index (χ0v) is 5.94. The van der Waals surface area contributed by atoms with Gasteiger partial charge in [0, 0.05) is 7.05 Å². The molecule has 1 rings (SSSR count). The fourth-order valence-corrected chi connectivity index (χ4v) is 0.588. The number of aryl methyl sites for hydroxylation is 1. The molecule has 0 unspecified atom stereocenters. The quantitative estimate of drug-likeness (QED) is 0.549. The van der Waals surface area contributed by atoms with E-state index >= 15 is 0 Å². The van der Waals surface area contributed by atoms with Gasteiger partial charge in [-0.25, -0.2) is 0 Å². The third kappa shape index (κ3) is 1.34. The molecular formula is C6H8N4. The van der Waals surface area contributed by atoms with Gasteiger partial charge in [-0.05, 0) is 12.5 Å². The number of rotatable bonds is 1. The Balaban J connectivity index is 3.03. The number of hydrogen-bond donors (Lipinski definition) is 0. The highest BCUT2D eigenvalue weighted by Crippen LogP contribution is 2.13. The van der Waals surface area contributed by atoms with E-state index in [9.17, 15) is 0 Å². The van der Waals surface area contributed by atoms with Crippen LogP contribution < -0.4 is 0 Å². The standard InChI is InChI=1S/C6H8N4/c1-5-3-8-9-4-6(5)10-7-2/h3-4H,1-2H3. The molecule has 0 N–H and O–H groups in total. The number of nitrogens with zero attached hydrogens (tertiary/aromatic N) is 4. The summed E-state index contributed by atoms with van der Waals surface area (Å²) in [6.07, 6.45) is 3.24. The van der Waals surface area contributed by atoms with Gasteiger partial charge in [0.05, 0.1) is 12.4 Å². The second-order valence-electron chi connectivity index (χ2n) is 1.86. The second-order valence-corrected chi connectivity index (χ2v) is 1.86. The van der Waals surface area contributed by atoms with Gasteiger partial charge in [-0.15, -0.1) is 0 Å². The molecule has 4 heteroatoms. The van der Waals surface area contributed by atoms with Crippen LogP contribution >= 0.6 is 0 Å². The smallest absolute Gasteiger partial charge is 0.110 e. The molecule has 10 heavy (non-hydrogen) atoms. The zero-order chi connectivity index (χ0) is 7.40. The van der Waals surface area contributed by atoms with E-state index in [0.717, 1.165) is 11.3 Å². The van der Waals surface area contributed by atoms with Gasteiger partial charge in [0.1, 0.15) is 5.69 Å². The molecular weight excluding hydrogens is 128 g/mol. The van der Waals surface area contributed by atoms with E-state index in [1.807, 2.05) is 6.92 Å².